The Morgan fingerprint density at radius 1 is 0.224 bits per heavy atom. The molecular weight excluding hydrogens is 707 g/mol. The third kappa shape index (κ3) is 6.82. The van der Waals surface area contributed by atoms with E-state index in [0.717, 1.165) is 77.8 Å². The van der Waals surface area contributed by atoms with E-state index in [1.807, 2.05) is 78.9 Å². The van der Waals surface area contributed by atoms with Crippen molar-refractivity contribution in [1.82, 2.24) is 24.9 Å². The van der Waals surface area contributed by atoms with Crippen LogP contribution in [0.5, 0.6) is 0 Å². The van der Waals surface area contributed by atoms with Crippen molar-refractivity contribution in [3.63, 3.8) is 0 Å². The van der Waals surface area contributed by atoms with E-state index in [1.165, 1.54) is 0 Å². The average Bonchev–Trinajstić information content (AvgIpc) is 3.32. The average molecular weight is 742 g/mol. The van der Waals surface area contributed by atoms with Gasteiger partial charge in [0.25, 0.3) is 0 Å². The van der Waals surface area contributed by atoms with E-state index in [-0.39, 0.29) is 0 Å². The minimum Gasteiger partial charge on any atom is -0.228 e. The van der Waals surface area contributed by atoms with Gasteiger partial charge in [-0.05, 0) is 51.6 Å². The number of hydrogen-bond donors (Lipinski definition) is 0. The van der Waals surface area contributed by atoms with Gasteiger partial charge >= 0.3 is 0 Å². The standard InChI is InChI=1S/C53H35N5/c1-5-18-36(19-6-1)47-35-41(40-26-17-27-42(34-40)52-57-50(38-22-9-3-10-23-38)56-51(58-52)39-24-11-4-12-25-39)32-33-44(47)43-28-13-14-29-45(43)53-54-48-31-16-15-30-46(48)49(55-53)37-20-7-2-8-21-37/h1-35H. The van der Waals surface area contributed by atoms with Crippen LogP contribution < -0.4 is 0 Å². The Labute approximate surface area is 337 Å². The van der Waals surface area contributed by atoms with E-state index >= 15 is 0 Å². The lowest BCUT2D eigenvalue weighted by atomic mass is 9.88. The SMILES string of the molecule is c1ccc(-c2nc(-c3ccccc3)nc(-c3cccc(-c4ccc(-c5ccccc5-c5nc(-c6ccccc6)c6ccccc6n5)c(-c5ccccc5)c4)c3)n2)cc1. The van der Waals surface area contributed by atoms with E-state index in [2.05, 4.69) is 133 Å². The molecule has 272 valence electrons. The summed E-state index contributed by atoms with van der Waals surface area (Å²) in [4.78, 5) is 25.3. The Kier molecular flexibility index (Phi) is 9.14. The van der Waals surface area contributed by atoms with Gasteiger partial charge in [0.1, 0.15) is 0 Å². The molecule has 0 atom stereocenters. The molecule has 0 unspecified atom stereocenters. The summed E-state index contributed by atoms with van der Waals surface area (Å²) in [5.41, 5.74) is 13.2. The second kappa shape index (κ2) is 15.3. The second-order valence-electron chi connectivity index (χ2n) is 14.1. The van der Waals surface area contributed by atoms with Gasteiger partial charge in [0.2, 0.25) is 0 Å². The largest absolute Gasteiger partial charge is 0.228 e. The molecule has 58 heavy (non-hydrogen) atoms. The van der Waals surface area contributed by atoms with E-state index in [1.54, 1.807) is 0 Å². The van der Waals surface area contributed by atoms with Crippen molar-refractivity contribution >= 4 is 10.9 Å². The van der Waals surface area contributed by atoms with Crippen LogP contribution in [0, 0.1) is 0 Å². The predicted octanol–water partition coefficient (Wildman–Crippen LogP) is 13.2. The van der Waals surface area contributed by atoms with Crippen molar-refractivity contribution in [2.45, 2.75) is 0 Å². The Bertz CT molecular complexity index is 2980. The lowest BCUT2D eigenvalue weighted by Crippen LogP contribution is -2.00. The molecule has 0 spiro atoms. The number of nitrogens with zero attached hydrogens (tertiary/aromatic N) is 5. The molecule has 5 nitrogen and oxygen atoms in total. The first-order chi connectivity index (χ1) is 28.7. The van der Waals surface area contributed by atoms with Crippen LogP contribution in [0.2, 0.25) is 0 Å². The molecule has 0 saturated heterocycles. The number of benzene rings is 8. The minimum atomic E-state index is 0.619. The zero-order chi connectivity index (χ0) is 38.7. The summed E-state index contributed by atoms with van der Waals surface area (Å²) < 4.78 is 0. The fourth-order valence-electron chi connectivity index (χ4n) is 7.52. The number of hydrogen-bond acceptors (Lipinski definition) is 5. The Morgan fingerprint density at radius 2 is 0.690 bits per heavy atom. The quantitative estimate of drug-likeness (QED) is 0.155. The zero-order valence-corrected chi connectivity index (χ0v) is 31.4. The van der Waals surface area contributed by atoms with E-state index in [9.17, 15) is 0 Å². The van der Waals surface area contributed by atoms with Crippen molar-refractivity contribution < 1.29 is 0 Å². The van der Waals surface area contributed by atoms with Gasteiger partial charge in [0.05, 0.1) is 11.2 Å². The number of para-hydroxylation sites is 1. The Balaban J connectivity index is 1.10. The molecule has 0 aliphatic heterocycles. The smallest absolute Gasteiger partial charge is 0.164 e. The fraction of sp³-hybridized carbons (Fsp3) is 0. The summed E-state index contributed by atoms with van der Waals surface area (Å²) in [6, 6.07) is 72.9. The van der Waals surface area contributed by atoms with Gasteiger partial charge in [-0.15, -0.1) is 0 Å². The highest BCUT2D eigenvalue weighted by Gasteiger charge is 2.19. The zero-order valence-electron chi connectivity index (χ0n) is 31.4. The second-order valence-corrected chi connectivity index (χ2v) is 14.1. The monoisotopic (exact) mass is 741 g/mol. The van der Waals surface area contributed by atoms with E-state index < -0.39 is 0 Å². The molecule has 0 aliphatic carbocycles. The molecule has 5 heteroatoms. The van der Waals surface area contributed by atoms with Crippen molar-refractivity contribution in [2.24, 2.45) is 0 Å². The first-order valence-corrected chi connectivity index (χ1v) is 19.3. The normalized spacial score (nSPS) is 11.1. The summed E-state index contributed by atoms with van der Waals surface area (Å²) in [5.74, 6) is 2.57. The third-order valence-electron chi connectivity index (χ3n) is 10.4. The summed E-state index contributed by atoms with van der Waals surface area (Å²) in [5, 5.41) is 1.02. The van der Waals surface area contributed by atoms with Crippen LogP contribution in [0.15, 0.2) is 212 Å². The van der Waals surface area contributed by atoms with Gasteiger partial charge < -0.3 is 0 Å². The number of aromatic nitrogens is 5. The summed E-state index contributed by atoms with van der Waals surface area (Å²) >= 11 is 0. The van der Waals surface area contributed by atoms with E-state index in [0.29, 0.717) is 23.3 Å². The maximum atomic E-state index is 5.26. The first kappa shape index (κ1) is 34.6. The van der Waals surface area contributed by atoms with Crippen molar-refractivity contribution in [1.29, 1.82) is 0 Å². The molecule has 0 aliphatic rings. The van der Waals surface area contributed by atoms with Crippen LogP contribution in [-0.4, -0.2) is 24.9 Å². The third-order valence-corrected chi connectivity index (χ3v) is 10.4. The van der Waals surface area contributed by atoms with Crippen molar-refractivity contribution in [2.75, 3.05) is 0 Å². The molecule has 0 radical (unpaired) electrons. The molecule has 2 heterocycles. The lowest BCUT2D eigenvalue weighted by Gasteiger charge is -2.17. The molecule has 10 rings (SSSR count). The van der Waals surface area contributed by atoms with Crippen LogP contribution in [0.3, 0.4) is 0 Å². The minimum absolute atomic E-state index is 0.619. The highest BCUT2D eigenvalue weighted by Crippen LogP contribution is 2.41. The highest BCUT2D eigenvalue weighted by atomic mass is 15.0. The molecule has 0 fully saturated rings. The maximum Gasteiger partial charge on any atom is 0.164 e. The number of fused-ring (bicyclic) bond motifs is 1. The summed E-state index contributed by atoms with van der Waals surface area (Å²) in [6.07, 6.45) is 0. The van der Waals surface area contributed by atoms with Gasteiger partial charge in [-0.25, -0.2) is 24.9 Å². The van der Waals surface area contributed by atoms with Gasteiger partial charge in [-0.3, -0.25) is 0 Å². The van der Waals surface area contributed by atoms with Crippen LogP contribution in [0.1, 0.15) is 0 Å². The number of rotatable bonds is 8. The maximum absolute atomic E-state index is 5.26. The lowest BCUT2D eigenvalue weighted by molar-refractivity contribution is 1.07. The van der Waals surface area contributed by atoms with Crippen molar-refractivity contribution in [3.8, 4) is 90.2 Å². The first-order valence-electron chi connectivity index (χ1n) is 19.3. The molecular formula is C53H35N5. The fourth-order valence-corrected chi connectivity index (χ4v) is 7.52. The summed E-state index contributed by atoms with van der Waals surface area (Å²) in [6.45, 7) is 0. The molecule has 10 aromatic rings. The molecule has 0 N–H and O–H groups in total. The van der Waals surface area contributed by atoms with Crippen LogP contribution in [0.25, 0.3) is 101 Å². The molecule has 0 saturated carbocycles. The highest BCUT2D eigenvalue weighted by molar-refractivity contribution is 5.96. The molecule has 0 amide bonds. The Hall–Kier alpha value is -7.89. The van der Waals surface area contributed by atoms with E-state index in [4.69, 9.17) is 24.9 Å². The topological polar surface area (TPSA) is 64.5 Å². The summed E-state index contributed by atoms with van der Waals surface area (Å²) in [7, 11) is 0. The Morgan fingerprint density at radius 3 is 1.34 bits per heavy atom. The molecule has 0 bridgehead atoms. The van der Waals surface area contributed by atoms with Crippen LogP contribution in [0.4, 0.5) is 0 Å². The van der Waals surface area contributed by atoms with Crippen LogP contribution >= 0.6 is 0 Å². The van der Waals surface area contributed by atoms with Gasteiger partial charge in [-0.2, -0.15) is 0 Å². The molecule has 2 aromatic heterocycles. The molecule has 8 aromatic carbocycles. The van der Waals surface area contributed by atoms with Crippen molar-refractivity contribution in [3.05, 3.63) is 212 Å². The van der Waals surface area contributed by atoms with Crippen LogP contribution in [-0.2, 0) is 0 Å². The van der Waals surface area contributed by atoms with Gasteiger partial charge in [-0.1, -0.05) is 194 Å². The van der Waals surface area contributed by atoms with Gasteiger partial charge in [0, 0.05) is 33.2 Å². The van der Waals surface area contributed by atoms with Gasteiger partial charge in [0.15, 0.2) is 23.3 Å². The predicted molar refractivity (Wildman–Crippen MR) is 236 cm³/mol.